The molecule has 0 bridgehead atoms. The molecule has 4 nitrogen and oxygen atoms in total. The lowest BCUT2D eigenvalue weighted by molar-refractivity contribution is 0.230. The van der Waals surface area contributed by atoms with Crippen molar-refractivity contribution in [3.05, 3.63) is 70.9 Å². The van der Waals surface area contributed by atoms with Gasteiger partial charge in [-0.25, -0.2) is 0 Å². The summed E-state index contributed by atoms with van der Waals surface area (Å²) in [5.74, 6) is 0.616. The molecule has 28 heavy (non-hydrogen) atoms. The molecule has 0 aliphatic carbocycles. The van der Waals surface area contributed by atoms with Crippen LogP contribution >= 0.6 is 0 Å². The number of hydrogen-bond acceptors (Lipinski definition) is 4. The van der Waals surface area contributed by atoms with Crippen LogP contribution in [0.15, 0.2) is 59.8 Å². The van der Waals surface area contributed by atoms with Gasteiger partial charge >= 0.3 is 0 Å². The summed E-state index contributed by atoms with van der Waals surface area (Å²) in [6.45, 7) is 7.03. The first-order valence-corrected chi connectivity index (χ1v) is 10.1. The number of rotatable bonds is 6. The molecule has 3 N–H and O–H groups in total. The number of phenolic OH excluding ortho intramolecular Hbond substituents is 2. The summed E-state index contributed by atoms with van der Waals surface area (Å²) >= 11 is 0. The van der Waals surface area contributed by atoms with Crippen LogP contribution in [-0.2, 0) is 0 Å². The lowest BCUT2D eigenvalue weighted by atomic mass is 9.96. The van der Waals surface area contributed by atoms with Crippen molar-refractivity contribution in [2.45, 2.75) is 32.7 Å². The summed E-state index contributed by atoms with van der Waals surface area (Å²) in [4.78, 5) is 2.44. The van der Waals surface area contributed by atoms with Crippen LogP contribution in [0.5, 0.6) is 11.5 Å². The van der Waals surface area contributed by atoms with E-state index < -0.39 is 0 Å². The molecule has 148 valence electrons. The molecule has 1 heterocycles. The third-order valence-electron chi connectivity index (χ3n) is 5.35. The monoisotopic (exact) mass is 378 g/mol. The van der Waals surface area contributed by atoms with E-state index in [1.165, 1.54) is 11.3 Å². The van der Waals surface area contributed by atoms with E-state index in [4.69, 9.17) is 0 Å². The van der Waals surface area contributed by atoms with Crippen LogP contribution in [0.3, 0.4) is 0 Å². The Morgan fingerprint density at radius 3 is 2.14 bits per heavy atom. The van der Waals surface area contributed by atoms with Gasteiger partial charge in [-0.3, -0.25) is 0 Å². The van der Waals surface area contributed by atoms with E-state index in [0.717, 1.165) is 43.6 Å². The Labute approximate surface area is 167 Å². The number of allylic oxidation sites excluding steroid dienone is 1. The Bertz CT molecular complexity index is 786. The second kappa shape index (κ2) is 9.47. The number of hydrogen-bond donors (Lipinski definition) is 3. The fourth-order valence-corrected chi connectivity index (χ4v) is 3.80. The lowest BCUT2D eigenvalue weighted by Crippen LogP contribution is -2.51. The Morgan fingerprint density at radius 2 is 1.57 bits per heavy atom. The largest absolute Gasteiger partial charge is 0.507 e. The Balaban J connectivity index is 1.96. The fraction of sp³-hybridized carbons (Fsp3) is 0.333. The summed E-state index contributed by atoms with van der Waals surface area (Å²) in [5, 5.41) is 23.9. The van der Waals surface area contributed by atoms with Gasteiger partial charge in [0.15, 0.2) is 0 Å². The first kappa shape index (κ1) is 20.0. The topological polar surface area (TPSA) is 55.7 Å². The maximum absolute atomic E-state index is 10.2. The minimum atomic E-state index is 0.218. The molecule has 0 amide bonds. The zero-order valence-electron chi connectivity index (χ0n) is 16.7. The van der Waals surface area contributed by atoms with Gasteiger partial charge in [0.2, 0.25) is 0 Å². The van der Waals surface area contributed by atoms with Gasteiger partial charge in [-0.15, -0.1) is 0 Å². The average Bonchev–Trinajstić information content (AvgIpc) is 2.73. The Hall–Kier alpha value is -2.72. The molecule has 1 aliphatic rings. The molecule has 4 heteroatoms. The van der Waals surface area contributed by atoms with Crippen molar-refractivity contribution in [1.82, 2.24) is 10.2 Å². The van der Waals surface area contributed by atoms with E-state index in [2.05, 4.69) is 36.2 Å². The van der Waals surface area contributed by atoms with E-state index in [0.29, 0.717) is 11.5 Å². The molecule has 1 fully saturated rings. The molecule has 0 aromatic heterocycles. The molecule has 0 radical (unpaired) electrons. The van der Waals surface area contributed by atoms with Crippen molar-refractivity contribution >= 4 is 12.2 Å². The average molecular weight is 379 g/mol. The third kappa shape index (κ3) is 4.57. The molecule has 1 atom stereocenters. The first-order chi connectivity index (χ1) is 13.6. The molecule has 0 spiro atoms. The maximum atomic E-state index is 10.2. The highest BCUT2D eigenvalue weighted by Gasteiger charge is 2.26. The standard InChI is InChI=1S/C24H30N2O2/c1-3-18(15-19-9-5-7-11-23(19)27)22-17-25-13-14-26(22)21(4-2)16-20-10-6-8-12-24(20)28/h5-12,15-16,22,25,27-28H,3-4,13-14,17H2,1-2H3. The SMILES string of the molecule is CCC(=Cc1ccccc1O)C1CNCCN1C(=Cc1ccccc1O)CC. The van der Waals surface area contributed by atoms with Crippen molar-refractivity contribution in [3.63, 3.8) is 0 Å². The summed E-state index contributed by atoms with van der Waals surface area (Å²) in [7, 11) is 0. The number of aromatic hydroxyl groups is 2. The quantitative estimate of drug-likeness (QED) is 0.687. The molecule has 2 aromatic carbocycles. The van der Waals surface area contributed by atoms with Crippen LogP contribution in [0.2, 0.25) is 0 Å². The zero-order valence-corrected chi connectivity index (χ0v) is 16.7. The van der Waals surface area contributed by atoms with Crippen LogP contribution < -0.4 is 5.32 Å². The predicted octanol–water partition coefficient (Wildman–Crippen LogP) is 4.62. The molecule has 1 aliphatic heterocycles. The molecule has 1 unspecified atom stereocenters. The summed E-state index contributed by atoms with van der Waals surface area (Å²) in [6, 6.07) is 15.2. The second-order valence-electron chi connectivity index (χ2n) is 7.09. The van der Waals surface area contributed by atoms with Crippen molar-refractivity contribution in [2.75, 3.05) is 19.6 Å². The van der Waals surface area contributed by atoms with Gasteiger partial charge in [-0.1, -0.05) is 50.2 Å². The van der Waals surface area contributed by atoms with Crippen LogP contribution in [0.4, 0.5) is 0 Å². The minimum absolute atomic E-state index is 0.218. The third-order valence-corrected chi connectivity index (χ3v) is 5.35. The first-order valence-electron chi connectivity index (χ1n) is 10.1. The summed E-state index contributed by atoms with van der Waals surface area (Å²) in [6.07, 6.45) is 6.01. The molecule has 3 rings (SSSR count). The van der Waals surface area contributed by atoms with E-state index in [-0.39, 0.29) is 6.04 Å². The van der Waals surface area contributed by atoms with E-state index in [9.17, 15) is 10.2 Å². The van der Waals surface area contributed by atoms with Gasteiger partial charge in [-0.05, 0) is 42.7 Å². The summed E-state index contributed by atoms with van der Waals surface area (Å²) in [5.41, 5.74) is 4.20. The second-order valence-corrected chi connectivity index (χ2v) is 7.09. The Kier molecular flexibility index (Phi) is 6.77. The van der Waals surface area contributed by atoms with Gasteiger partial charge in [0.25, 0.3) is 0 Å². The van der Waals surface area contributed by atoms with Crippen molar-refractivity contribution < 1.29 is 10.2 Å². The maximum Gasteiger partial charge on any atom is 0.122 e. The van der Waals surface area contributed by atoms with Crippen LogP contribution in [0.25, 0.3) is 12.2 Å². The van der Waals surface area contributed by atoms with E-state index in [1.54, 1.807) is 12.1 Å². The molecular weight excluding hydrogens is 348 g/mol. The number of piperazine rings is 1. The highest BCUT2D eigenvalue weighted by Crippen LogP contribution is 2.29. The van der Waals surface area contributed by atoms with Crippen molar-refractivity contribution in [1.29, 1.82) is 0 Å². The van der Waals surface area contributed by atoms with Crippen LogP contribution in [-0.4, -0.2) is 40.8 Å². The van der Waals surface area contributed by atoms with Gasteiger partial charge < -0.3 is 20.4 Å². The molecule has 1 saturated heterocycles. The van der Waals surface area contributed by atoms with Gasteiger partial charge in [0, 0.05) is 36.5 Å². The molecule has 2 aromatic rings. The molecular formula is C24H30N2O2. The van der Waals surface area contributed by atoms with Gasteiger partial charge in [-0.2, -0.15) is 0 Å². The number of phenols is 2. The Morgan fingerprint density at radius 1 is 0.964 bits per heavy atom. The van der Waals surface area contributed by atoms with Crippen LogP contribution in [0.1, 0.15) is 37.8 Å². The van der Waals surface area contributed by atoms with Crippen molar-refractivity contribution in [3.8, 4) is 11.5 Å². The van der Waals surface area contributed by atoms with Gasteiger partial charge in [0.1, 0.15) is 11.5 Å². The van der Waals surface area contributed by atoms with Crippen molar-refractivity contribution in [2.24, 2.45) is 0 Å². The lowest BCUT2D eigenvalue weighted by Gasteiger charge is -2.41. The highest BCUT2D eigenvalue weighted by atomic mass is 16.3. The van der Waals surface area contributed by atoms with E-state index >= 15 is 0 Å². The predicted molar refractivity (Wildman–Crippen MR) is 116 cm³/mol. The number of nitrogens with one attached hydrogen (secondary N) is 1. The number of nitrogens with zero attached hydrogens (tertiary/aromatic N) is 1. The van der Waals surface area contributed by atoms with Gasteiger partial charge in [0.05, 0.1) is 6.04 Å². The minimum Gasteiger partial charge on any atom is -0.507 e. The van der Waals surface area contributed by atoms with E-state index in [1.807, 2.05) is 36.4 Å². The zero-order chi connectivity index (χ0) is 19.9. The number of benzene rings is 2. The highest BCUT2D eigenvalue weighted by molar-refractivity contribution is 5.62. The summed E-state index contributed by atoms with van der Waals surface area (Å²) < 4.78 is 0. The molecule has 0 saturated carbocycles. The number of para-hydroxylation sites is 2. The fourth-order valence-electron chi connectivity index (χ4n) is 3.80. The normalized spacial score (nSPS) is 18.4. The van der Waals surface area contributed by atoms with Crippen LogP contribution in [0, 0.1) is 0 Å². The smallest absolute Gasteiger partial charge is 0.122 e.